The van der Waals surface area contributed by atoms with Crippen molar-refractivity contribution in [1.29, 1.82) is 0 Å². The van der Waals surface area contributed by atoms with E-state index in [1.165, 1.54) is 29.5 Å². The summed E-state index contributed by atoms with van der Waals surface area (Å²) >= 11 is 0. The van der Waals surface area contributed by atoms with E-state index in [1.807, 2.05) is 0 Å². The van der Waals surface area contributed by atoms with Crippen LogP contribution in [0.1, 0.15) is 51.2 Å². The molecule has 0 bridgehead atoms. The van der Waals surface area contributed by atoms with E-state index in [0.717, 1.165) is 12.8 Å². The summed E-state index contributed by atoms with van der Waals surface area (Å²) in [6.45, 7) is 6.64. The molecule has 0 aliphatic rings. The van der Waals surface area contributed by atoms with Crippen molar-refractivity contribution in [2.75, 3.05) is 0 Å². The molecule has 0 nitrogen and oxygen atoms in total. The Labute approximate surface area is 94.0 Å². The Morgan fingerprint density at radius 3 is 2.20 bits per heavy atom. The Morgan fingerprint density at radius 1 is 1.07 bits per heavy atom. The number of hydrogen-bond acceptors (Lipinski definition) is 0. The summed E-state index contributed by atoms with van der Waals surface area (Å²) in [4.78, 5) is 0. The quantitative estimate of drug-likeness (QED) is 0.640. The average Bonchev–Trinajstić information content (AvgIpc) is 2.28. The first-order valence-electron chi connectivity index (χ1n) is 6.10. The topological polar surface area (TPSA) is 0 Å². The highest BCUT2D eigenvalue weighted by Gasteiger charge is 1.98. The van der Waals surface area contributed by atoms with Gasteiger partial charge >= 0.3 is 0 Å². The molecule has 0 saturated carbocycles. The number of aryl methyl sites for hydroxylation is 1. The Hall–Kier alpha value is -1.04. The minimum atomic E-state index is 1.12. The zero-order valence-corrected chi connectivity index (χ0v) is 10.2. The lowest BCUT2D eigenvalue weighted by molar-refractivity contribution is 0.921. The van der Waals surface area contributed by atoms with Crippen molar-refractivity contribution in [2.24, 2.45) is 0 Å². The van der Waals surface area contributed by atoms with Gasteiger partial charge in [-0.05, 0) is 36.0 Å². The number of hydrogen-bond donors (Lipinski definition) is 0. The van der Waals surface area contributed by atoms with Gasteiger partial charge in [-0.3, -0.25) is 0 Å². The van der Waals surface area contributed by atoms with Crippen molar-refractivity contribution < 1.29 is 0 Å². The lowest BCUT2D eigenvalue weighted by Crippen LogP contribution is -1.86. The molecule has 0 N–H and O–H groups in total. The maximum absolute atomic E-state index is 2.33. The van der Waals surface area contributed by atoms with Crippen LogP contribution in [0.15, 0.2) is 30.3 Å². The van der Waals surface area contributed by atoms with Crippen LogP contribution in [-0.4, -0.2) is 0 Å². The maximum atomic E-state index is 2.33. The molecule has 0 spiro atoms. The van der Waals surface area contributed by atoms with E-state index in [0.29, 0.717) is 0 Å². The zero-order valence-electron chi connectivity index (χ0n) is 10.2. The van der Waals surface area contributed by atoms with Gasteiger partial charge in [0.2, 0.25) is 0 Å². The molecular weight excluding hydrogens is 180 g/mol. The van der Waals surface area contributed by atoms with Crippen molar-refractivity contribution in [2.45, 2.75) is 46.5 Å². The van der Waals surface area contributed by atoms with Crippen LogP contribution >= 0.6 is 0 Å². The molecule has 82 valence electrons. The van der Waals surface area contributed by atoms with E-state index in [2.05, 4.69) is 51.1 Å². The second-order valence-electron chi connectivity index (χ2n) is 3.94. The van der Waals surface area contributed by atoms with Crippen LogP contribution in [0.2, 0.25) is 0 Å². The number of allylic oxidation sites excluding steroid dienone is 2. The van der Waals surface area contributed by atoms with Gasteiger partial charge < -0.3 is 0 Å². The molecule has 0 aromatic heterocycles. The van der Waals surface area contributed by atoms with E-state index in [9.17, 15) is 0 Å². The van der Waals surface area contributed by atoms with Crippen LogP contribution in [-0.2, 0) is 6.42 Å². The highest BCUT2D eigenvalue weighted by Crippen LogP contribution is 2.19. The fraction of sp³-hybridized carbons (Fsp3) is 0.467. The van der Waals surface area contributed by atoms with Gasteiger partial charge in [0.05, 0.1) is 0 Å². The maximum Gasteiger partial charge on any atom is -0.0228 e. The summed E-state index contributed by atoms with van der Waals surface area (Å²) in [7, 11) is 0. The molecular formula is C15H22. The third-order valence-electron chi connectivity index (χ3n) is 2.69. The van der Waals surface area contributed by atoms with Gasteiger partial charge in [0.25, 0.3) is 0 Å². The summed E-state index contributed by atoms with van der Waals surface area (Å²) in [6.07, 6.45) is 7.00. The van der Waals surface area contributed by atoms with Crippen molar-refractivity contribution in [3.63, 3.8) is 0 Å². The first kappa shape index (κ1) is 12.0. The summed E-state index contributed by atoms with van der Waals surface area (Å²) in [6, 6.07) is 9.04. The van der Waals surface area contributed by atoms with Gasteiger partial charge in [-0.2, -0.15) is 0 Å². The third-order valence-corrected chi connectivity index (χ3v) is 2.69. The molecule has 0 aliphatic carbocycles. The second kappa shape index (κ2) is 6.44. The molecule has 0 aliphatic heterocycles. The van der Waals surface area contributed by atoms with Crippen molar-refractivity contribution in [3.05, 3.63) is 41.5 Å². The van der Waals surface area contributed by atoms with Gasteiger partial charge in [-0.1, -0.05) is 57.5 Å². The standard InChI is InChI=1S/C15H22/c1-4-7-13-9-11-15(12-10-13)14(6-3)8-5-2/h8-12H,4-7H2,1-3H3. The fourth-order valence-corrected chi connectivity index (χ4v) is 1.89. The molecule has 0 atom stereocenters. The molecule has 0 heteroatoms. The number of benzene rings is 1. The molecule has 15 heavy (non-hydrogen) atoms. The molecule has 0 heterocycles. The lowest BCUT2D eigenvalue weighted by atomic mass is 10.00. The molecule has 0 amide bonds. The summed E-state index contributed by atoms with van der Waals surface area (Å²) in [5.74, 6) is 0. The van der Waals surface area contributed by atoms with Gasteiger partial charge in [0.15, 0.2) is 0 Å². The van der Waals surface area contributed by atoms with Gasteiger partial charge in [-0.15, -0.1) is 0 Å². The van der Waals surface area contributed by atoms with Crippen molar-refractivity contribution >= 4 is 5.57 Å². The smallest absolute Gasteiger partial charge is 0.0228 e. The predicted octanol–water partition coefficient (Wildman–Crippen LogP) is 4.84. The molecule has 1 rings (SSSR count). The van der Waals surface area contributed by atoms with Crippen molar-refractivity contribution in [1.82, 2.24) is 0 Å². The van der Waals surface area contributed by atoms with E-state index in [4.69, 9.17) is 0 Å². The molecule has 0 unspecified atom stereocenters. The third kappa shape index (κ3) is 3.54. The highest BCUT2D eigenvalue weighted by molar-refractivity contribution is 5.65. The largest absolute Gasteiger partial charge is 0.0810 e. The molecule has 0 radical (unpaired) electrons. The van der Waals surface area contributed by atoms with Gasteiger partial charge in [0.1, 0.15) is 0 Å². The Morgan fingerprint density at radius 2 is 1.73 bits per heavy atom. The summed E-state index contributed by atoms with van der Waals surface area (Å²) < 4.78 is 0. The van der Waals surface area contributed by atoms with E-state index in [-0.39, 0.29) is 0 Å². The monoisotopic (exact) mass is 202 g/mol. The zero-order chi connectivity index (χ0) is 11.1. The summed E-state index contributed by atoms with van der Waals surface area (Å²) in [5.41, 5.74) is 4.31. The van der Waals surface area contributed by atoms with Crippen LogP contribution < -0.4 is 0 Å². The Bertz CT molecular complexity index is 303. The molecule has 1 aromatic rings. The first-order chi connectivity index (χ1) is 7.31. The average molecular weight is 202 g/mol. The minimum Gasteiger partial charge on any atom is -0.0810 e. The van der Waals surface area contributed by atoms with E-state index >= 15 is 0 Å². The normalized spacial score (nSPS) is 11.8. The SMILES string of the molecule is CCC=C(CC)c1ccc(CCC)cc1. The van der Waals surface area contributed by atoms with E-state index < -0.39 is 0 Å². The summed E-state index contributed by atoms with van der Waals surface area (Å²) in [5, 5.41) is 0. The van der Waals surface area contributed by atoms with E-state index in [1.54, 1.807) is 0 Å². The molecule has 1 aromatic carbocycles. The van der Waals surface area contributed by atoms with Gasteiger partial charge in [0, 0.05) is 0 Å². The van der Waals surface area contributed by atoms with Crippen LogP contribution in [0.5, 0.6) is 0 Å². The first-order valence-corrected chi connectivity index (χ1v) is 6.10. The lowest BCUT2D eigenvalue weighted by Gasteiger charge is -2.06. The van der Waals surface area contributed by atoms with Crippen LogP contribution in [0.25, 0.3) is 5.57 Å². The fourth-order valence-electron chi connectivity index (χ4n) is 1.89. The van der Waals surface area contributed by atoms with Crippen LogP contribution in [0.4, 0.5) is 0 Å². The number of rotatable bonds is 5. The second-order valence-corrected chi connectivity index (χ2v) is 3.94. The van der Waals surface area contributed by atoms with Crippen LogP contribution in [0.3, 0.4) is 0 Å². The molecule has 0 fully saturated rings. The Balaban J connectivity index is 2.82. The minimum absolute atomic E-state index is 1.12. The molecule has 0 saturated heterocycles. The predicted molar refractivity (Wildman–Crippen MR) is 69.0 cm³/mol. The Kier molecular flexibility index (Phi) is 5.17. The highest BCUT2D eigenvalue weighted by atomic mass is 14.0. The van der Waals surface area contributed by atoms with Crippen molar-refractivity contribution in [3.8, 4) is 0 Å². The van der Waals surface area contributed by atoms with Gasteiger partial charge in [-0.25, -0.2) is 0 Å². The van der Waals surface area contributed by atoms with Crippen LogP contribution in [0, 0.1) is 0 Å².